The van der Waals surface area contributed by atoms with Crippen molar-refractivity contribution >= 4 is 29.9 Å². The lowest BCUT2D eigenvalue weighted by Gasteiger charge is -2.37. The quantitative estimate of drug-likeness (QED) is 0.444. The third kappa shape index (κ3) is 4.43. The maximum atomic E-state index is 5.43. The van der Waals surface area contributed by atoms with E-state index in [9.17, 15) is 0 Å². The zero-order valence-corrected chi connectivity index (χ0v) is 16.4. The van der Waals surface area contributed by atoms with Crippen molar-refractivity contribution < 1.29 is 9.47 Å². The highest BCUT2D eigenvalue weighted by Crippen LogP contribution is 2.32. The van der Waals surface area contributed by atoms with Crippen LogP contribution in [-0.4, -0.2) is 37.8 Å². The largest absolute Gasteiger partial charge is 0.454 e. The first-order valence-corrected chi connectivity index (χ1v) is 8.00. The summed E-state index contributed by atoms with van der Waals surface area (Å²) in [7, 11) is 1.85. The molecule has 3 rings (SSSR count). The zero-order valence-electron chi connectivity index (χ0n) is 14.0. The summed E-state index contributed by atoms with van der Waals surface area (Å²) in [4.78, 5) is 6.81. The Hall–Kier alpha value is -1.18. The number of benzene rings is 1. The van der Waals surface area contributed by atoms with Crippen molar-refractivity contribution in [3.63, 3.8) is 0 Å². The van der Waals surface area contributed by atoms with Gasteiger partial charge in [-0.2, -0.15) is 0 Å². The summed E-state index contributed by atoms with van der Waals surface area (Å²) >= 11 is 0. The molecule has 5 nitrogen and oxygen atoms in total. The molecule has 2 heterocycles. The first kappa shape index (κ1) is 18.2. The third-order valence-electron chi connectivity index (χ3n) is 4.27. The Kier molecular flexibility index (Phi) is 6.38. The maximum absolute atomic E-state index is 5.43. The van der Waals surface area contributed by atoms with Gasteiger partial charge in [0.1, 0.15) is 0 Å². The summed E-state index contributed by atoms with van der Waals surface area (Å²) in [5.41, 5.74) is 1.17. The molecule has 1 aromatic carbocycles. The molecule has 2 atom stereocenters. The average molecular weight is 431 g/mol. The molecule has 2 unspecified atom stereocenters. The highest BCUT2D eigenvalue weighted by atomic mass is 127. The van der Waals surface area contributed by atoms with Gasteiger partial charge in [-0.3, -0.25) is 4.99 Å². The van der Waals surface area contributed by atoms with Gasteiger partial charge in [0.2, 0.25) is 6.79 Å². The van der Waals surface area contributed by atoms with E-state index in [1.54, 1.807) is 0 Å². The van der Waals surface area contributed by atoms with Crippen molar-refractivity contribution in [1.29, 1.82) is 0 Å². The summed E-state index contributed by atoms with van der Waals surface area (Å²) in [6.45, 7) is 7.83. The average Bonchev–Trinajstić information content (AvgIpc) is 2.94. The third-order valence-corrected chi connectivity index (χ3v) is 4.27. The van der Waals surface area contributed by atoms with Crippen LogP contribution in [0.15, 0.2) is 23.2 Å². The molecule has 6 heteroatoms. The summed E-state index contributed by atoms with van der Waals surface area (Å²) in [5.74, 6) is 4.07. The highest BCUT2D eigenvalue weighted by Gasteiger charge is 2.24. The van der Waals surface area contributed by atoms with E-state index in [4.69, 9.17) is 9.47 Å². The van der Waals surface area contributed by atoms with E-state index < -0.39 is 0 Å². The van der Waals surface area contributed by atoms with E-state index in [1.165, 1.54) is 12.0 Å². The number of hydrogen-bond donors (Lipinski definition) is 1. The van der Waals surface area contributed by atoms with E-state index in [-0.39, 0.29) is 24.0 Å². The molecule has 1 saturated heterocycles. The highest BCUT2D eigenvalue weighted by molar-refractivity contribution is 14.0. The standard InChI is InChI=1S/C17H25N3O2.HI/c1-12-6-13(2)10-20(9-12)17(18-3)19-8-14-4-5-15-16(7-14)22-11-21-15;/h4-5,7,12-13H,6,8-11H2,1-3H3,(H,18,19);1H. The Labute approximate surface area is 155 Å². The second-order valence-corrected chi connectivity index (χ2v) is 6.44. The molecule has 1 fully saturated rings. The number of piperidine rings is 1. The van der Waals surface area contributed by atoms with Crippen LogP contribution in [0.2, 0.25) is 0 Å². The molecule has 0 aliphatic carbocycles. The minimum atomic E-state index is 0. The number of hydrogen-bond acceptors (Lipinski definition) is 3. The molecule has 128 valence electrons. The van der Waals surface area contributed by atoms with E-state index >= 15 is 0 Å². The molecular weight excluding hydrogens is 405 g/mol. The number of aliphatic imine (C=N–C) groups is 1. The number of rotatable bonds is 2. The van der Waals surface area contributed by atoms with Crippen LogP contribution in [0.1, 0.15) is 25.8 Å². The zero-order chi connectivity index (χ0) is 15.5. The van der Waals surface area contributed by atoms with E-state index in [1.807, 2.05) is 19.2 Å². The fourth-order valence-corrected chi connectivity index (χ4v) is 3.40. The van der Waals surface area contributed by atoms with Crippen LogP contribution in [-0.2, 0) is 6.54 Å². The summed E-state index contributed by atoms with van der Waals surface area (Å²) < 4.78 is 10.8. The molecule has 1 aromatic rings. The summed E-state index contributed by atoms with van der Waals surface area (Å²) in [5, 5.41) is 3.47. The lowest BCUT2D eigenvalue weighted by atomic mass is 9.92. The van der Waals surface area contributed by atoms with Gasteiger partial charge in [0.25, 0.3) is 0 Å². The van der Waals surface area contributed by atoms with Gasteiger partial charge in [-0.25, -0.2) is 0 Å². The summed E-state index contributed by atoms with van der Waals surface area (Å²) in [6, 6.07) is 6.06. The number of nitrogens with zero attached hydrogens (tertiary/aromatic N) is 2. The minimum absolute atomic E-state index is 0. The number of nitrogens with one attached hydrogen (secondary N) is 1. The number of halogens is 1. The molecule has 0 saturated carbocycles. The van der Waals surface area contributed by atoms with E-state index in [0.29, 0.717) is 18.6 Å². The van der Waals surface area contributed by atoms with Crippen LogP contribution < -0.4 is 14.8 Å². The van der Waals surface area contributed by atoms with Crippen molar-refractivity contribution in [2.45, 2.75) is 26.8 Å². The van der Waals surface area contributed by atoms with Crippen LogP contribution in [0.3, 0.4) is 0 Å². The van der Waals surface area contributed by atoms with Gasteiger partial charge < -0.3 is 19.7 Å². The van der Waals surface area contributed by atoms with Gasteiger partial charge in [0, 0.05) is 26.7 Å². The molecule has 0 spiro atoms. The molecular formula is C17H26IN3O2. The number of fused-ring (bicyclic) bond motifs is 1. The lowest BCUT2D eigenvalue weighted by Crippen LogP contribution is -2.48. The van der Waals surface area contributed by atoms with Gasteiger partial charge >= 0.3 is 0 Å². The van der Waals surface area contributed by atoms with Crippen molar-refractivity contribution in [2.24, 2.45) is 16.8 Å². The van der Waals surface area contributed by atoms with Crippen molar-refractivity contribution in [1.82, 2.24) is 10.2 Å². The smallest absolute Gasteiger partial charge is 0.231 e. The molecule has 2 aliphatic rings. The van der Waals surface area contributed by atoms with Gasteiger partial charge in [-0.1, -0.05) is 19.9 Å². The Morgan fingerprint density at radius 2 is 1.91 bits per heavy atom. The predicted octanol–water partition coefficient (Wildman–Crippen LogP) is 3.09. The van der Waals surface area contributed by atoms with Crippen LogP contribution in [0.5, 0.6) is 11.5 Å². The van der Waals surface area contributed by atoms with E-state index in [0.717, 1.165) is 37.1 Å². The minimum Gasteiger partial charge on any atom is -0.454 e. The molecule has 0 bridgehead atoms. The number of likely N-dealkylation sites (tertiary alicyclic amines) is 1. The second-order valence-electron chi connectivity index (χ2n) is 6.44. The Morgan fingerprint density at radius 3 is 2.61 bits per heavy atom. The SMILES string of the molecule is CN=C(NCc1ccc2c(c1)OCO2)N1CC(C)CC(C)C1.I. The monoisotopic (exact) mass is 431 g/mol. The van der Waals surface area contributed by atoms with Gasteiger partial charge in [0.05, 0.1) is 0 Å². The Bertz CT molecular complexity index is 555. The normalized spacial score (nSPS) is 23.4. The Balaban J connectivity index is 0.00000192. The van der Waals surface area contributed by atoms with Gasteiger partial charge in [0.15, 0.2) is 17.5 Å². The van der Waals surface area contributed by atoms with Crippen LogP contribution in [0.4, 0.5) is 0 Å². The first-order valence-electron chi connectivity index (χ1n) is 8.00. The summed E-state index contributed by atoms with van der Waals surface area (Å²) in [6.07, 6.45) is 1.30. The topological polar surface area (TPSA) is 46.1 Å². The fraction of sp³-hybridized carbons (Fsp3) is 0.588. The first-order chi connectivity index (χ1) is 10.7. The molecule has 2 aliphatic heterocycles. The Morgan fingerprint density at radius 1 is 1.22 bits per heavy atom. The van der Waals surface area contributed by atoms with Crippen LogP contribution >= 0.6 is 24.0 Å². The van der Waals surface area contributed by atoms with Crippen molar-refractivity contribution in [3.05, 3.63) is 23.8 Å². The van der Waals surface area contributed by atoms with Crippen molar-refractivity contribution in [2.75, 3.05) is 26.9 Å². The van der Waals surface area contributed by atoms with Crippen LogP contribution in [0.25, 0.3) is 0 Å². The van der Waals surface area contributed by atoms with E-state index in [2.05, 4.69) is 35.1 Å². The number of ether oxygens (including phenoxy) is 2. The molecule has 0 amide bonds. The van der Waals surface area contributed by atoms with Crippen molar-refractivity contribution in [3.8, 4) is 11.5 Å². The molecule has 23 heavy (non-hydrogen) atoms. The predicted molar refractivity (Wildman–Crippen MR) is 103 cm³/mol. The van der Waals surface area contributed by atoms with Crippen LogP contribution in [0, 0.1) is 11.8 Å². The fourth-order valence-electron chi connectivity index (χ4n) is 3.40. The lowest BCUT2D eigenvalue weighted by molar-refractivity contribution is 0.174. The molecule has 0 radical (unpaired) electrons. The maximum Gasteiger partial charge on any atom is 0.231 e. The molecule has 0 aromatic heterocycles. The van der Waals surface area contributed by atoms with Gasteiger partial charge in [-0.05, 0) is 36.0 Å². The second kappa shape index (κ2) is 8.08. The molecule has 1 N–H and O–H groups in total. The van der Waals surface area contributed by atoms with Gasteiger partial charge in [-0.15, -0.1) is 24.0 Å². The number of guanidine groups is 1.